The highest BCUT2D eigenvalue weighted by Crippen LogP contribution is 2.09. The first-order valence-electron chi connectivity index (χ1n) is 6.04. The van der Waals surface area contributed by atoms with Crippen molar-refractivity contribution in [2.45, 2.75) is 12.8 Å². The van der Waals surface area contributed by atoms with Gasteiger partial charge in [-0.1, -0.05) is 0 Å². The minimum absolute atomic E-state index is 0.222. The summed E-state index contributed by atoms with van der Waals surface area (Å²) in [5.74, 6) is -1.04. The number of hydrogen-bond donors (Lipinski definition) is 3. The Morgan fingerprint density at radius 3 is 2.57 bits per heavy atom. The van der Waals surface area contributed by atoms with E-state index in [4.69, 9.17) is 10.2 Å². The molecule has 0 aromatic carbocycles. The largest absolute Gasteiger partial charge is 0.481 e. The number of aliphatic hydroxyl groups excluding tert-OH is 1. The van der Waals surface area contributed by atoms with E-state index >= 15 is 0 Å². The van der Waals surface area contributed by atoms with Crippen LogP contribution in [0.4, 0.5) is 19.3 Å². The third kappa shape index (κ3) is 6.13. The summed E-state index contributed by atoms with van der Waals surface area (Å²) in [6.45, 7) is -1.45. The molecule has 0 unspecified atom stereocenters. The van der Waals surface area contributed by atoms with Crippen LogP contribution >= 0.6 is 0 Å². The number of hydrogen-bond acceptors (Lipinski definition) is 4. The molecule has 0 bridgehead atoms. The van der Waals surface area contributed by atoms with Gasteiger partial charge in [-0.05, 0) is 12.1 Å². The monoisotopic (exact) mass is 303 g/mol. The van der Waals surface area contributed by atoms with Gasteiger partial charge in [-0.15, -0.1) is 0 Å². The maximum absolute atomic E-state index is 12.3. The average molecular weight is 303 g/mol. The molecule has 1 heterocycles. The Kier molecular flexibility index (Phi) is 6.47. The van der Waals surface area contributed by atoms with Crippen molar-refractivity contribution >= 4 is 17.7 Å². The number of amides is 2. The van der Waals surface area contributed by atoms with Crippen LogP contribution in [0.5, 0.6) is 0 Å². The second kappa shape index (κ2) is 8.10. The number of aromatic nitrogens is 1. The number of aliphatic hydroxyl groups is 1. The van der Waals surface area contributed by atoms with Crippen molar-refractivity contribution in [3.8, 4) is 0 Å². The molecular formula is C12H15F2N3O4. The number of nitrogens with one attached hydrogen (secondary N) is 1. The van der Waals surface area contributed by atoms with Gasteiger partial charge >= 0.3 is 12.0 Å². The maximum atomic E-state index is 12.3. The van der Waals surface area contributed by atoms with E-state index in [1.165, 1.54) is 18.3 Å². The number of pyridine rings is 1. The molecule has 21 heavy (non-hydrogen) atoms. The van der Waals surface area contributed by atoms with Crippen LogP contribution in [0.3, 0.4) is 0 Å². The first-order valence-corrected chi connectivity index (χ1v) is 6.04. The molecule has 116 valence electrons. The summed E-state index contributed by atoms with van der Waals surface area (Å²) in [6.07, 6.45) is -1.73. The van der Waals surface area contributed by atoms with Crippen molar-refractivity contribution in [3.05, 3.63) is 24.0 Å². The number of halogens is 2. The summed E-state index contributed by atoms with van der Waals surface area (Å²) in [5.41, 5.74) is 0.548. The number of nitrogens with zero attached hydrogens (tertiary/aromatic N) is 2. The first kappa shape index (κ1) is 16.8. The number of urea groups is 1. The third-order valence-electron chi connectivity index (χ3n) is 2.42. The van der Waals surface area contributed by atoms with Crippen molar-refractivity contribution in [2.75, 3.05) is 25.0 Å². The Balaban J connectivity index is 2.65. The number of aliphatic carboxylic acids is 1. The Morgan fingerprint density at radius 2 is 2.10 bits per heavy atom. The fourth-order valence-electron chi connectivity index (χ4n) is 1.52. The predicted octanol–water partition coefficient (Wildman–Crippen LogP) is 0.800. The van der Waals surface area contributed by atoms with Gasteiger partial charge in [0.2, 0.25) is 0 Å². The lowest BCUT2D eigenvalue weighted by atomic mass is 10.2. The zero-order chi connectivity index (χ0) is 15.8. The minimum Gasteiger partial charge on any atom is -0.481 e. The zero-order valence-corrected chi connectivity index (χ0v) is 11.0. The summed E-state index contributed by atoms with van der Waals surface area (Å²) in [7, 11) is 0. The number of carboxylic acid groups (broad SMARTS) is 1. The topological polar surface area (TPSA) is 103 Å². The average Bonchev–Trinajstić information content (AvgIpc) is 2.39. The summed E-state index contributed by atoms with van der Waals surface area (Å²) in [5, 5.41) is 19.7. The molecule has 1 rings (SSSR count). The van der Waals surface area contributed by atoms with Crippen LogP contribution in [0, 0.1) is 0 Å². The lowest BCUT2D eigenvalue weighted by molar-refractivity contribution is -0.136. The van der Waals surface area contributed by atoms with Crippen LogP contribution in [0.1, 0.15) is 5.69 Å². The highest BCUT2D eigenvalue weighted by Gasteiger charge is 2.17. The van der Waals surface area contributed by atoms with Gasteiger partial charge in [0.05, 0.1) is 37.2 Å². The van der Waals surface area contributed by atoms with E-state index in [2.05, 4.69) is 10.3 Å². The highest BCUT2D eigenvalue weighted by atomic mass is 19.3. The van der Waals surface area contributed by atoms with E-state index in [1.54, 1.807) is 0 Å². The van der Waals surface area contributed by atoms with Gasteiger partial charge < -0.3 is 20.4 Å². The van der Waals surface area contributed by atoms with E-state index in [0.29, 0.717) is 5.69 Å². The fraction of sp³-hybridized carbons (Fsp3) is 0.417. The van der Waals surface area contributed by atoms with Gasteiger partial charge in [0, 0.05) is 6.54 Å². The molecule has 0 fully saturated rings. The highest BCUT2D eigenvalue weighted by molar-refractivity contribution is 5.89. The number of carboxylic acids is 1. The lowest BCUT2D eigenvalue weighted by Crippen LogP contribution is -2.40. The van der Waals surface area contributed by atoms with Crippen LogP contribution in [-0.2, 0) is 11.2 Å². The lowest BCUT2D eigenvalue weighted by Gasteiger charge is -2.21. The van der Waals surface area contributed by atoms with Crippen molar-refractivity contribution in [1.29, 1.82) is 0 Å². The quantitative estimate of drug-likeness (QED) is 0.691. The Bertz CT molecular complexity index is 482. The SMILES string of the molecule is O=C(O)Cc1ccc(NC(=O)N(CCO)CC(F)F)cn1. The number of carbonyl (C=O) groups is 2. The molecule has 2 amide bonds. The molecule has 1 aromatic heterocycles. The number of anilines is 1. The predicted molar refractivity (Wildman–Crippen MR) is 69.3 cm³/mol. The summed E-state index contributed by atoms with van der Waals surface area (Å²) in [6, 6.07) is 2.03. The van der Waals surface area contributed by atoms with Gasteiger partial charge in [-0.25, -0.2) is 13.6 Å². The summed E-state index contributed by atoms with van der Waals surface area (Å²) >= 11 is 0. The first-order chi connectivity index (χ1) is 9.92. The molecule has 0 spiro atoms. The second-order valence-corrected chi connectivity index (χ2v) is 4.10. The zero-order valence-electron chi connectivity index (χ0n) is 11.0. The van der Waals surface area contributed by atoms with Crippen LogP contribution in [0.15, 0.2) is 18.3 Å². The van der Waals surface area contributed by atoms with Crippen molar-refractivity contribution in [3.63, 3.8) is 0 Å². The summed E-state index contributed by atoms with van der Waals surface area (Å²) in [4.78, 5) is 26.8. The molecule has 0 saturated carbocycles. The second-order valence-electron chi connectivity index (χ2n) is 4.10. The van der Waals surface area contributed by atoms with E-state index in [9.17, 15) is 18.4 Å². The third-order valence-corrected chi connectivity index (χ3v) is 2.42. The van der Waals surface area contributed by atoms with Gasteiger partial charge in [0.25, 0.3) is 6.43 Å². The van der Waals surface area contributed by atoms with E-state index in [1.807, 2.05) is 0 Å². The normalized spacial score (nSPS) is 10.5. The molecule has 1 aromatic rings. The minimum atomic E-state index is -2.71. The van der Waals surface area contributed by atoms with Crippen LogP contribution in [-0.4, -0.2) is 58.2 Å². The molecule has 0 radical (unpaired) electrons. The standard InChI is InChI=1S/C12H15F2N3O4/c13-10(14)7-17(3-4-18)12(21)16-9-2-1-8(15-6-9)5-11(19)20/h1-2,6,10,18H,3-5,7H2,(H,16,21)(H,19,20). The van der Waals surface area contributed by atoms with Crippen molar-refractivity contribution < 1.29 is 28.6 Å². The number of alkyl halides is 2. The molecule has 0 aliphatic carbocycles. The van der Waals surface area contributed by atoms with E-state index in [0.717, 1.165) is 4.90 Å². The van der Waals surface area contributed by atoms with Gasteiger partial charge in [0.15, 0.2) is 0 Å². The van der Waals surface area contributed by atoms with Gasteiger partial charge in [0.1, 0.15) is 0 Å². The van der Waals surface area contributed by atoms with Crippen LogP contribution in [0.25, 0.3) is 0 Å². The van der Waals surface area contributed by atoms with Gasteiger partial charge in [-0.2, -0.15) is 0 Å². The molecule has 7 nitrogen and oxygen atoms in total. The molecule has 0 saturated heterocycles. The molecule has 0 aliphatic heterocycles. The Labute approximate surface area is 119 Å². The van der Waals surface area contributed by atoms with Crippen molar-refractivity contribution in [1.82, 2.24) is 9.88 Å². The number of carbonyl (C=O) groups excluding carboxylic acids is 1. The summed E-state index contributed by atoms with van der Waals surface area (Å²) < 4.78 is 24.6. The van der Waals surface area contributed by atoms with Crippen molar-refractivity contribution in [2.24, 2.45) is 0 Å². The smallest absolute Gasteiger partial charge is 0.322 e. The molecular weight excluding hydrogens is 288 g/mol. The van der Waals surface area contributed by atoms with Crippen LogP contribution in [0.2, 0.25) is 0 Å². The number of rotatable bonds is 7. The molecule has 3 N–H and O–H groups in total. The molecule has 0 aliphatic rings. The van der Waals surface area contributed by atoms with Crippen LogP contribution < -0.4 is 5.32 Å². The molecule has 0 atom stereocenters. The van der Waals surface area contributed by atoms with E-state index in [-0.39, 0.29) is 18.7 Å². The Hall–Kier alpha value is -2.29. The van der Waals surface area contributed by atoms with E-state index < -0.39 is 31.6 Å². The molecule has 9 heteroatoms. The fourth-order valence-corrected chi connectivity index (χ4v) is 1.52. The Morgan fingerprint density at radius 1 is 1.38 bits per heavy atom. The maximum Gasteiger partial charge on any atom is 0.322 e. The van der Waals surface area contributed by atoms with Gasteiger partial charge in [-0.3, -0.25) is 9.78 Å².